The topological polar surface area (TPSA) is 40.5 Å². The van der Waals surface area contributed by atoms with Crippen LogP contribution in [0.2, 0.25) is 0 Å². The highest BCUT2D eigenvalue weighted by atomic mass is 32.1. The Morgan fingerprint density at radius 2 is 1.12 bits per heavy atom. The van der Waals surface area contributed by atoms with E-state index in [-0.39, 0.29) is 0 Å². The lowest BCUT2D eigenvalue weighted by Crippen LogP contribution is -2.23. The van der Waals surface area contributed by atoms with Crippen LogP contribution in [0.25, 0.3) is 0 Å². The number of thiophene rings is 1. The molecule has 2 N–H and O–H groups in total. The lowest BCUT2D eigenvalue weighted by Gasteiger charge is -2.25. The molecule has 1 heterocycles. The van der Waals surface area contributed by atoms with Crippen LogP contribution in [0.4, 0.5) is 0 Å². The zero-order valence-corrected chi connectivity index (χ0v) is 12.1. The van der Waals surface area contributed by atoms with Gasteiger partial charge >= 0.3 is 0 Å². The fourth-order valence-corrected chi connectivity index (χ4v) is 3.50. The Kier molecular flexibility index (Phi) is 4.76. The molecule has 0 aromatic carbocycles. The third-order valence-electron chi connectivity index (χ3n) is 3.86. The van der Waals surface area contributed by atoms with Gasteiger partial charge in [0.2, 0.25) is 0 Å². The highest BCUT2D eigenvalue weighted by Gasteiger charge is 2.31. The van der Waals surface area contributed by atoms with Crippen molar-refractivity contribution >= 4 is 11.3 Å². The molecule has 0 fully saturated rings. The largest absolute Gasteiger partial charge is 0.384 e. The fraction of sp³-hybridized carbons (Fsp3) is 0.714. The van der Waals surface area contributed by atoms with Gasteiger partial charge in [0.15, 0.2) is 0 Å². The molecule has 0 aliphatic carbocycles. The number of hydrogen-bond donors (Lipinski definition) is 2. The van der Waals surface area contributed by atoms with Crippen molar-refractivity contribution in [3.05, 3.63) is 21.9 Å². The first kappa shape index (κ1) is 14.7. The summed E-state index contributed by atoms with van der Waals surface area (Å²) in [4.78, 5) is 1.94. The highest BCUT2D eigenvalue weighted by molar-refractivity contribution is 7.12. The quantitative estimate of drug-likeness (QED) is 0.813. The van der Waals surface area contributed by atoms with Crippen molar-refractivity contribution in [3.8, 4) is 0 Å². The molecule has 0 unspecified atom stereocenters. The Hall–Kier alpha value is -0.380. The van der Waals surface area contributed by atoms with Crippen LogP contribution < -0.4 is 0 Å². The van der Waals surface area contributed by atoms with Crippen molar-refractivity contribution < 1.29 is 10.2 Å². The van der Waals surface area contributed by atoms with Crippen molar-refractivity contribution in [1.29, 1.82) is 0 Å². The van der Waals surface area contributed by atoms with Gasteiger partial charge in [-0.3, -0.25) is 0 Å². The number of aliphatic hydroxyl groups is 2. The van der Waals surface area contributed by atoms with Gasteiger partial charge in [-0.15, -0.1) is 11.3 Å². The van der Waals surface area contributed by atoms with E-state index in [0.29, 0.717) is 25.7 Å². The zero-order chi connectivity index (χ0) is 13.1. The normalized spacial score (nSPS) is 13.1. The third kappa shape index (κ3) is 2.72. The Labute approximate surface area is 108 Å². The summed E-state index contributed by atoms with van der Waals surface area (Å²) in [6.07, 6.45) is 2.83. The van der Waals surface area contributed by atoms with E-state index in [1.54, 1.807) is 11.3 Å². The summed E-state index contributed by atoms with van der Waals surface area (Å²) in [6.45, 7) is 7.98. The van der Waals surface area contributed by atoms with Crippen LogP contribution in [0.15, 0.2) is 12.1 Å². The fourth-order valence-electron chi connectivity index (χ4n) is 2.04. The van der Waals surface area contributed by atoms with Gasteiger partial charge in [-0.05, 0) is 37.8 Å². The summed E-state index contributed by atoms with van der Waals surface area (Å²) >= 11 is 1.55. The molecule has 2 nitrogen and oxygen atoms in total. The summed E-state index contributed by atoms with van der Waals surface area (Å²) in [5.41, 5.74) is -1.46. The number of hydrogen-bond acceptors (Lipinski definition) is 3. The van der Waals surface area contributed by atoms with Crippen molar-refractivity contribution in [2.75, 3.05) is 0 Å². The molecule has 0 atom stereocenters. The van der Waals surface area contributed by atoms with Crippen LogP contribution in [0, 0.1) is 0 Å². The van der Waals surface area contributed by atoms with Crippen LogP contribution in [0.5, 0.6) is 0 Å². The van der Waals surface area contributed by atoms with Crippen molar-refractivity contribution in [2.24, 2.45) is 0 Å². The second-order valence-corrected chi connectivity index (χ2v) is 5.73. The molecular formula is C14H24O2S. The minimum absolute atomic E-state index is 0.708. The zero-order valence-electron chi connectivity index (χ0n) is 11.3. The lowest BCUT2D eigenvalue weighted by molar-refractivity contribution is 0.0310. The van der Waals surface area contributed by atoms with Crippen LogP contribution in [-0.4, -0.2) is 10.2 Å². The summed E-state index contributed by atoms with van der Waals surface area (Å²) in [5, 5.41) is 20.9. The molecule has 17 heavy (non-hydrogen) atoms. The third-order valence-corrected chi connectivity index (χ3v) is 5.33. The Bertz CT molecular complexity index is 316. The second-order valence-electron chi connectivity index (χ2n) is 4.64. The Morgan fingerprint density at radius 1 is 0.824 bits per heavy atom. The van der Waals surface area contributed by atoms with Crippen molar-refractivity contribution in [2.45, 2.75) is 64.6 Å². The smallest absolute Gasteiger partial charge is 0.0982 e. The van der Waals surface area contributed by atoms with Gasteiger partial charge in [-0.25, -0.2) is 0 Å². The molecular weight excluding hydrogens is 232 g/mol. The van der Waals surface area contributed by atoms with E-state index >= 15 is 0 Å². The van der Waals surface area contributed by atoms with Gasteiger partial charge in [-0.1, -0.05) is 27.7 Å². The van der Waals surface area contributed by atoms with E-state index in [4.69, 9.17) is 0 Å². The summed E-state index contributed by atoms with van der Waals surface area (Å²) < 4.78 is 0. The van der Waals surface area contributed by atoms with Gasteiger partial charge in [0.05, 0.1) is 11.2 Å². The minimum Gasteiger partial charge on any atom is -0.384 e. The van der Waals surface area contributed by atoms with Crippen LogP contribution in [0.1, 0.15) is 63.1 Å². The summed E-state index contributed by atoms with van der Waals surface area (Å²) in [6, 6.07) is 3.92. The SMILES string of the molecule is CCC(O)(CC)c1ccc(C(O)(CC)CC)s1. The standard InChI is InChI=1S/C14H24O2S/c1-5-13(15,6-2)11-9-10-12(17-11)14(16,7-3)8-4/h9-10,15-16H,5-8H2,1-4H3. The molecule has 0 amide bonds. The van der Waals surface area contributed by atoms with E-state index in [2.05, 4.69) is 0 Å². The first-order valence-electron chi connectivity index (χ1n) is 6.51. The summed E-state index contributed by atoms with van der Waals surface area (Å²) in [5.74, 6) is 0. The maximum atomic E-state index is 10.5. The number of rotatable bonds is 6. The first-order valence-corrected chi connectivity index (χ1v) is 7.33. The summed E-state index contributed by atoms with van der Waals surface area (Å²) in [7, 11) is 0. The average Bonchev–Trinajstić information content (AvgIpc) is 2.87. The molecule has 1 aromatic rings. The Morgan fingerprint density at radius 3 is 1.35 bits per heavy atom. The molecule has 3 heteroatoms. The van der Waals surface area contributed by atoms with Crippen LogP contribution >= 0.6 is 11.3 Å². The minimum atomic E-state index is -0.731. The van der Waals surface area contributed by atoms with Gasteiger partial charge < -0.3 is 10.2 Å². The monoisotopic (exact) mass is 256 g/mol. The Balaban J connectivity index is 3.07. The maximum Gasteiger partial charge on any atom is 0.0982 e. The highest BCUT2D eigenvalue weighted by Crippen LogP contribution is 2.39. The molecule has 0 spiro atoms. The average molecular weight is 256 g/mol. The van der Waals surface area contributed by atoms with Gasteiger partial charge in [0.25, 0.3) is 0 Å². The van der Waals surface area contributed by atoms with E-state index < -0.39 is 11.2 Å². The van der Waals surface area contributed by atoms with E-state index in [0.717, 1.165) is 9.75 Å². The second kappa shape index (κ2) is 5.51. The van der Waals surface area contributed by atoms with E-state index in [9.17, 15) is 10.2 Å². The van der Waals surface area contributed by atoms with Crippen LogP contribution in [-0.2, 0) is 11.2 Å². The molecule has 0 saturated carbocycles. The van der Waals surface area contributed by atoms with E-state index in [1.807, 2.05) is 39.8 Å². The first-order chi connectivity index (χ1) is 7.95. The molecule has 0 saturated heterocycles. The van der Waals surface area contributed by atoms with Crippen LogP contribution in [0.3, 0.4) is 0 Å². The molecule has 98 valence electrons. The van der Waals surface area contributed by atoms with Crippen molar-refractivity contribution in [1.82, 2.24) is 0 Å². The van der Waals surface area contributed by atoms with Gasteiger partial charge in [0.1, 0.15) is 0 Å². The predicted molar refractivity (Wildman–Crippen MR) is 73.3 cm³/mol. The van der Waals surface area contributed by atoms with Gasteiger partial charge in [0, 0.05) is 9.75 Å². The molecule has 1 aromatic heterocycles. The molecule has 0 aliphatic rings. The maximum absolute atomic E-state index is 10.5. The molecule has 1 rings (SSSR count). The predicted octanol–water partition coefficient (Wildman–Crippen LogP) is 3.76. The molecule has 0 radical (unpaired) electrons. The van der Waals surface area contributed by atoms with Crippen molar-refractivity contribution in [3.63, 3.8) is 0 Å². The van der Waals surface area contributed by atoms with Gasteiger partial charge in [-0.2, -0.15) is 0 Å². The lowest BCUT2D eigenvalue weighted by atomic mass is 9.94. The molecule has 0 aliphatic heterocycles. The molecule has 0 bridgehead atoms. The van der Waals surface area contributed by atoms with E-state index in [1.165, 1.54) is 0 Å².